The molecule has 1 heterocycles. The summed E-state index contributed by atoms with van der Waals surface area (Å²) < 4.78 is 60.0. The van der Waals surface area contributed by atoms with Crippen LogP contribution in [0, 0.1) is 23.3 Å². The first-order chi connectivity index (χ1) is 13.3. The Kier molecular flexibility index (Phi) is 5.55. The Morgan fingerprint density at radius 2 is 1.79 bits per heavy atom. The van der Waals surface area contributed by atoms with Crippen LogP contribution in [0.3, 0.4) is 0 Å². The second kappa shape index (κ2) is 7.89. The maximum absolute atomic E-state index is 13.7. The van der Waals surface area contributed by atoms with E-state index < -0.39 is 28.8 Å². The number of ether oxygens (including phenoxy) is 1. The van der Waals surface area contributed by atoms with Gasteiger partial charge in [-0.3, -0.25) is 4.79 Å². The van der Waals surface area contributed by atoms with E-state index in [2.05, 4.69) is 10.3 Å². The molecule has 0 saturated carbocycles. The van der Waals surface area contributed by atoms with E-state index in [-0.39, 0.29) is 23.1 Å². The van der Waals surface area contributed by atoms with Crippen LogP contribution in [0.2, 0.25) is 5.02 Å². The SMILES string of the molecule is COc1ccc(Cl)c(Nc2nc(=O)c(F)cn2Cc2cc(F)c(F)c(F)c2)c1. The highest BCUT2D eigenvalue weighted by Gasteiger charge is 2.15. The predicted octanol–water partition coefficient (Wildman–Crippen LogP) is 4.25. The van der Waals surface area contributed by atoms with Crippen LogP contribution in [0.25, 0.3) is 0 Å². The highest BCUT2D eigenvalue weighted by molar-refractivity contribution is 6.33. The molecular formula is C18H12ClF4N3O2. The molecule has 0 aliphatic heterocycles. The molecule has 0 aliphatic rings. The van der Waals surface area contributed by atoms with Crippen LogP contribution in [0.5, 0.6) is 5.75 Å². The molecule has 10 heteroatoms. The number of benzene rings is 2. The highest BCUT2D eigenvalue weighted by atomic mass is 35.5. The van der Waals surface area contributed by atoms with Crippen LogP contribution >= 0.6 is 11.6 Å². The number of hydrogen-bond donors (Lipinski definition) is 1. The maximum atomic E-state index is 13.7. The Labute approximate surface area is 161 Å². The minimum atomic E-state index is -1.62. The monoisotopic (exact) mass is 413 g/mol. The van der Waals surface area contributed by atoms with E-state index in [4.69, 9.17) is 16.3 Å². The summed E-state index contributed by atoms with van der Waals surface area (Å²) in [4.78, 5) is 15.2. The van der Waals surface area contributed by atoms with E-state index in [9.17, 15) is 22.4 Å². The van der Waals surface area contributed by atoms with Crippen LogP contribution in [0.15, 0.2) is 41.3 Å². The largest absolute Gasteiger partial charge is 0.497 e. The summed E-state index contributed by atoms with van der Waals surface area (Å²) in [5.41, 5.74) is -0.861. The molecule has 0 spiro atoms. The van der Waals surface area contributed by atoms with E-state index in [0.29, 0.717) is 11.4 Å². The van der Waals surface area contributed by atoms with Gasteiger partial charge in [-0.25, -0.2) is 13.2 Å². The molecule has 3 aromatic rings. The first kappa shape index (κ1) is 19.7. The van der Waals surface area contributed by atoms with Gasteiger partial charge in [0.1, 0.15) is 5.75 Å². The van der Waals surface area contributed by atoms with Gasteiger partial charge >= 0.3 is 5.56 Å². The molecule has 3 rings (SSSR count). The molecule has 0 fully saturated rings. The second-order valence-electron chi connectivity index (χ2n) is 5.69. The maximum Gasteiger partial charge on any atom is 0.310 e. The summed E-state index contributed by atoms with van der Waals surface area (Å²) in [7, 11) is 1.44. The van der Waals surface area contributed by atoms with Crippen molar-refractivity contribution in [2.45, 2.75) is 6.54 Å². The lowest BCUT2D eigenvalue weighted by molar-refractivity contribution is 0.415. The molecule has 0 saturated heterocycles. The predicted molar refractivity (Wildman–Crippen MR) is 95.2 cm³/mol. The number of nitrogens with one attached hydrogen (secondary N) is 1. The summed E-state index contributed by atoms with van der Waals surface area (Å²) >= 11 is 6.10. The van der Waals surface area contributed by atoms with Crippen molar-refractivity contribution in [3.63, 3.8) is 0 Å². The van der Waals surface area contributed by atoms with Gasteiger partial charge in [-0.05, 0) is 29.8 Å². The van der Waals surface area contributed by atoms with Crippen LogP contribution in [-0.4, -0.2) is 16.7 Å². The lowest BCUT2D eigenvalue weighted by Crippen LogP contribution is -2.20. The minimum absolute atomic E-state index is 0.0129. The van der Waals surface area contributed by atoms with Gasteiger partial charge in [0.05, 0.1) is 24.4 Å². The molecule has 1 aromatic heterocycles. The number of nitrogens with zero attached hydrogens (tertiary/aromatic N) is 2. The quantitative estimate of drug-likeness (QED) is 0.502. The van der Waals surface area contributed by atoms with Crippen LogP contribution < -0.4 is 15.6 Å². The molecule has 28 heavy (non-hydrogen) atoms. The second-order valence-corrected chi connectivity index (χ2v) is 6.10. The van der Waals surface area contributed by atoms with Crippen molar-refractivity contribution in [1.82, 2.24) is 9.55 Å². The Morgan fingerprint density at radius 1 is 1.11 bits per heavy atom. The third kappa shape index (κ3) is 4.09. The van der Waals surface area contributed by atoms with Crippen molar-refractivity contribution >= 4 is 23.2 Å². The number of methoxy groups -OCH3 is 1. The van der Waals surface area contributed by atoms with Crippen LogP contribution in [0.1, 0.15) is 5.56 Å². The van der Waals surface area contributed by atoms with Crippen molar-refractivity contribution in [2.24, 2.45) is 0 Å². The first-order valence-corrected chi connectivity index (χ1v) is 8.17. The zero-order valence-electron chi connectivity index (χ0n) is 14.3. The summed E-state index contributed by atoms with van der Waals surface area (Å²) in [6.45, 7) is -0.303. The summed E-state index contributed by atoms with van der Waals surface area (Å²) in [5, 5.41) is 3.01. The van der Waals surface area contributed by atoms with E-state index in [1.54, 1.807) is 6.07 Å². The van der Waals surface area contributed by atoms with Crippen LogP contribution in [-0.2, 0) is 6.54 Å². The molecule has 0 aliphatic carbocycles. The Morgan fingerprint density at radius 3 is 2.43 bits per heavy atom. The van der Waals surface area contributed by atoms with Gasteiger partial charge in [0.25, 0.3) is 0 Å². The van der Waals surface area contributed by atoms with Crippen molar-refractivity contribution in [3.05, 3.63) is 80.7 Å². The van der Waals surface area contributed by atoms with Gasteiger partial charge in [0, 0.05) is 12.3 Å². The molecule has 0 unspecified atom stereocenters. The molecule has 0 bridgehead atoms. The lowest BCUT2D eigenvalue weighted by atomic mass is 10.2. The van der Waals surface area contributed by atoms with E-state index in [1.165, 1.54) is 19.2 Å². The van der Waals surface area contributed by atoms with Crippen molar-refractivity contribution < 1.29 is 22.3 Å². The van der Waals surface area contributed by atoms with Gasteiger partial charge in [0.15, 0.2) is 17.5 Å². The zero-order valence-corrected chi connectivity index (χ0v) is 15.0. The average molecular weight is 414 g/mol. The number of anilines is 2. The number of rotatable bonds is 5. The summed E-state index contributed by atoms with van der Waals surface area (Å²) in [6.07, 6.45) is 0.810. The van der Waals surface area contributed by atoms with Gasteiger partial charge < -0.3 is 14.6 Å². The van der Waals surface area contributed by atoms with Crippen molar-refractivity contribution in [3.8, 4) is 5.75 Å². The smallest absolute Gasteiger partial charge is 0.310 e. The fraction of sp³-hybridized carbons (Fsp3) is 0.111. The molecule has 146 valence electrons. The molecular weight excluding hydrogens is 402 g/mol. The molecule has 2 aromatic carbocycles. The fourth-order valence-corrected chi connectivity index (χ4v) is 2.60. The number of halogens is 5. The van der Waals surface area contributed by atoms with Crippen molar-refractivity contribution in [1.29, 1.82) is 0 Å². The Balaban J connectivity index is 2.03. The van der Waals surface area contributed by atoms with Gasteiger partial charge in [0.2, 0.25) is 11.8 Å². The van der Waals surface area contributed by atoms with E-state index in [1.807, 2.05) is 0 Å². The Bertz CT molecular complexity index is 1080. The zero-order chi connectivity index (χ0) is 20.4. The fourth-order valence-electron chi connectivity index (χ4n) is 2.43. The van der Waals surface area contributed by atoms with Gasteiger partial charge in [-0.1, -0.05) is 11.6 Å². The molecule has 0 amide bonds. The van der Waals surface area contributed by atoms with E-state index >= 15 is 0 Å². The molecule has 0 radical (unpaired) electrons. The number of hydrogen-bond acceptors (Lipinski definition) is 4. The molecule has 1 N–H and O–H groups in total. The number of aromatic nitrogens is 2. The Hall–Kier alpha value is -3.07. The standard InChI is InChI=1S/C18H12ClF4N3O2/c1-28-10-2-3-11(19)15(6-10)24-18-25-17(27)14(22)8-26(18)7-9-4-12(20)16(23)13(21)5-9/h2-6,8H,7H2,1H3,(H,24,25,27). The van der Waals surface area contributed by atoms with Crippen LogP contribution in [0.4, 0.5) is 29.2 Å². The summed E-state index contributed by atoms with van der Waals surface area (Å²) in [5.74, 6) is -5.28. The van der Waals surface area contributed by atoms with Gasteiger partial charge in [-0.2, -0.15) is 9.37 Å². The average Bonchev–Trinajstić information content (AvgIpc) is 2.65. The molecule has 5 nitrogen and oxygen atoms in total. The molecule has 0 atom stereocenters. The minimum Gasteiger partial charge on any atom is -0.497 e. The lowest BCUT2D eigenvalue weighted by Gasteiger charge is -2.15. The first-order valence-electron chi connectivity index (χ1n) is 7.79. The normalized spacial score (nSPS) is 10.8. The highest BCUT2D eigenvalue weighted by Crippen LogP contribution is 2.29. The van der Waals surface area contributed by atoms with Gasteiger partial charge in [-0.15, -0.1) is 0 Å². The third-order valence-electron chi connectivity index (χ3n) is 3.77. The topological polar surface area (TPSA) is 56.1 Å². The van der Waals surface area contributed by atoms with Crippen molar-refractivity contribution in [2.75, 3.05) is 12.4 Å². The van der Waals surface area contributed by atoms with E-state index in [0.717, 1.165) is 22.9 Å². The summed E-state index contributed by atoms with van der Waals surface area (Å²) in [6, 6.07) is 6.16. The third-order valence-corrected chi connectivity index (χ3v) is 4.10.